The van der Waals surface area contributed by atoms with Crippen molar-refractivity contribution in [3.63, 3.8) is 0 Å². The molecule has 0 bridgehead atoms. The molecule has 1 atom stereocenters. The van der Waals surface area contributed by atoms with Crippen molar-refractivity contribution in [1.29, 1.82) is 0 Å². The number of nitrogens with zero attached hydrogens (tertiary/aromatic N) is 1. The third kappa shape index (κ3) is 5.38. The van der Waals surface area contributed by atoms with Crippen LogP contribution < -0.4 is 0 Å². The van der Waals surface area contributed by atoms with Crippen molar-refractivity contribution < 1.29 is 4.79 Å². The molecule has 1 saturated carbocycles. The summed E-state index contributed by atoms with van der Waals surface area (Å²) in [4.78, 5) is 16.9. The van der Waals surface area contributed by atoms with Crippen LogP contribution in [0.4, 0.5) is 0 Å². The topological polar surface area (TPSA) is 30.0 Å². The number of ketones is 1. The van der Waals surface area contributed by atoms with E-state index in [0.717, 1.165) is 41.4 Å². The van der Waals surface area contributed by atoms with Gasteiger partial charge in [0.2, 0.25) is 0 Å². The molecule has 1 unspecified atom stereocenters. The molecule has 34 heavy (non-hydrogen) atoms. The minimum Gasteiger partial charge on any atom is -0.294 e. The molecule has 0 aliphatic heterocycles. The third-order valence-electron chi connectivity index (χ3n) is 7.84. The summed E-state index contributed by atoms with van der Waals surface area (Å²) in [5, 5.41) is 0. The highest BCUT2D eigenvalue weighted by Crippen LogP contribution is 2.34. The molecule has 0 saturated heterocycles. The summed E-state index contributed by atoms with van der Waals surface area (Å²) in [6, 6.07) is 20.0. The molecule has 5 rings (SSSR count). The fourth-order valence-electron chi connectivity index (χ4n) is 5.78. The van der Waals surface area contributed by atoms with E-state index < -0.39 is 0 Å². The van der Waals surface area contributed by atoms with Gasteiger partial charge in [0, 0.05) is 12.4 Å². The summed E-state index contributed by atoms with van der Waals surface area (Å²) < 4.78 is 0. The lowest BCUT2D eigenvalue weighted by atomic mass is 9.81. The summed E-state index contributed by atoms with van der Waals surface area (Å²) in [6.45, 7) is 2.41. The summed E-state index contributed by atoms with van der Waals surface area (Å²) >= 11 is 0. The Morgan fingerprint density at radius 3 is 2.24 bits per heavy atom. The molecule has 2 nitrogen and oxygen atoms in total. The van der Waals surface area contributed by atoms with Gasteiger partial charge in [-0.05, 0) is 89.1 Å². The van der Waals surface area contributed by atoms with E-state index >= 15 is 0 Å². The molecule has 0 radical (unpaired) electrons. The van der Waals surface area contributed by atoms with Crippen LogP contribution in [0.3, 0.4) is 0 Å². The third-order valence-corrected chi connectivity index (χ3v) is 7.84. The van der Waals surface area contributed by atoms with Gasteiger partial charge in [0.15, 0.2) is 5.78 Å². The molecule has 0 amide bonds. The molecule has 1 heterocycles. The zero-order valence-electron chi connectivity index (χ0n) is 20.2. The molecule has 0 N–H and O–H groups in total. The summed E-state index contributed by atoms with van der Waals surface area (Å²) in [5.41, 5.74) is 7.59. The van der Waals surface area contributed by atoms with E-state index in [1.165, 1.54) is 55.2 Å². The Kier molecular flexibility index (Phi) is 7.04. The molecule has 174 valence electrons. The molecule has 2 aliphatic rings. The van der Waals surface area contributed by atoms with E-state index in [1.54, 1.807) is 18.5 Å². The molecule has 2 aromatic carbocycles. The van der Waals surface area contributed by atoms with E-state index in [9.17, 15) is 4.79 Å². The van der Waals surface area contributed by atoms with Crippen molar-refractivity contribution in [1.82, 2.24) is 4.98 Å². The second-order valence-corrected chi connectivity index (χ2v) is 10.4. The highest BCUT2D eigenvalue weighted by atomic mass is 16.1. The van der Waals surface area contributed by atoms with Gasteiger partial charge in [-0.25, -0.2) is 0 Å². The van der Waals surface area contributed by atoms with Gasteiger partial charge in [0.05, 0.1) is 5.92 Å². The first-order chi connectivity index (χ1) is 16.7. The molecule has 0 spiro atoms. The normalized spacial score (nSPS) is 22.6. The molecule has 1 fully saturated rings. The van der Waals surface area contributed by atoms with Gasteiger partial charge < -0.3 is 0 Å². The lowest BCUT2D eigenvalue weighted by Gasteiger charge is -2.23. The van der Waals surface area contributed by atoms with Crippen LogP contribution in [0.2, 0.25) is 0 Å². The van der Waals surface area contributed by atoms with E-state index in [1.807, 2.05) is 18.2 Å². The standard InChI is InChI=1S/C32H35NO/c1-23-4-2-6-27(7-3-5-23)28-11-8-24(9-12-28)20-26-10-13-29-14-15-32(34)31(30(29)22-26)21-25-16-18-33-19-17-25/h8-19,22-23,27,31H,2-7,20-21H2,1H3. The number of hydrogen-bond donors (Lipinski definition) is 0. The van der Waals surface area contributed by atoms with Crippen LogP contribution in [0, 0.1) is 5.92 Å². The zero-order valence-corrected chi connectivity index (χ0v) is 20.2. The Morgan fingerprint density at radius 2 is 1.50 bits per heavy atom. The van der Waals surface area contributed by atoms with Crippen molar-refractivity contribution in [2.75, 3.05) is 0 Å². The molecule has 3 aromatic rings. The number of benzene rings is 2. The second kappa shape index (κ2) is 10.5. The maximum Gasteiger partial charge on any atom is 0.163 e. The SMILES string of the molecule is CC1CCCC(c2ccc(Cc3ccc4c(c3)C(Cc3ccncc3)C(=O)C=C4)cc2)CCC1. The maximum absolute atomic E-state index is 12.8. The summed E-state index contributed by atoms with van der Waals surface area (Å²) in [7, 11) is 0. The van der Waals surface area contributed by atoms with E-state index in [2.05, 4.69) is 54.4 Å². The molecule has 2 heteroatoms. The minimum absolute atomic E-state index is 0.119. The number of rotatable bonds is 5. The monoisotopic (exact) mass is 449 g/mol. The highest BCUT2D eigenvalue weighted by molar-refractivity contribution is 6.02. The van der Waals surface area contributed by atoms with Crippen LogP contribution in [0.25, 0.3) is 6.08 Å². The first-order valence-electron chi connectivity index (χ1n) is 13.0. The van der Waals surface area contributed by atoms with Gasteiger partial charge in [-0.3, -0.25) is 9.78 Å². The molecule has 2 aliphatic carbocycles. The van der Waals surface area contributed by atoms with Crippen molar-refractivity contribution in [2.45, 2.75) is 70.1 Å². The van der Waals surface area contributed by atoms with Crippen LogP contribution in [0.5, 0.6) is 0 Å². The number of carbonyl (C=O) groups excluding carboxylic acids is 1. The number of hydrogen-bond acceptors (Lipinski definition) is 2. The van der Waals surface area contributed by atoms with Crippen LogP contribution in [-0.4, -0.2) is 10.8 Å². The Morgan fingerprint density at radius 1 is 0.794 bits per heavy atom. The Hall–Kier alpha value is -3.00. The Balaban J connectivity index is 1.31. The Labute approximate surface area is 204 Å². The Bertz CT molecular complexity index is 1140. The largest absolute Gasteiger partial charge is 0.294 e. The lowest BCUT2D eigenvalue weighted by Crippen LogP contribution is -2.17. The van der Waals surface area contributed by atoms with Gasteiger partial charge in [0.25, 0.3) is 0 Å². The number of pyridine rings is 1. The first kappa shape index (κ1) is 22.8. The molecular formula is C32H35NO. The number of fused-ring (bicyclic) bond motifs is 1. The zero-order chi connectivity index (χ0) is 23.3. The van der Waals surface area contributed by atoms with Crippen LogP contribution >= 0.6 is 0 Å². The molecular weight excluding hydrogens is 414 g/mol. The van der Waals surface area contributed by atoms with Crippen molar-refractivity contribution in [3.8, 4) is 0 Å². The van der Waals surface area contributed by atoms with E-state index in [0.29, 0.717) is 0 Å². The van der Waals surface area contributed by atoms with Crippen LogP contribution in [-0.2, 0) is 17.6 Å². The van der Waals surface area contributed by atoms with Crippen molar-refractivity contribution in [2.24, 2.45) is 5.92 Å². The summed E-state index contributed by atoms with van der Waals surface area (Å²) in [6.07, 6.45) is 17.1. The first-order valence-corrected chi connectivity index (χ1v) is 13.0. The van der Waals surface area contributed by atoms with Gasteiger partial charge >= 0.3 is 0 Å². The van der Waals surface area contributed by atoms with E-state index in [-0.39, 0.29) is 11.7 Å². The van der Waals surface area contributed by atoms with E-state index in [4.69, 9.17) is 0 Å². The van der Waals surface area contributed by atoms with Crippen molar-refractivity contribution in [3.05, 3.63) is 106 Å². The highest BCUT2D eigenvalue weighted by Gasteiger charge is 2.25. The maximum atomic E-state index is 12.8. The fourth-order valence-corrected chi connectivity index (χ4v) is 5.78. The number of allylic oxidation sites excluding steroid dienone is 1. The number of carbonyl (C=O) groups is 1. The fraction of sp³-hybridized carbons (Fsp3) is 0.375. The predicted octanol–water partition coefficient (Wildman–Crippen LogP) is 7.67. The average molecular weight is 450 g/mol. The second-order valence-electron chi connectivity index (χ2n) is 10.4. The van der Waals surface area contributed by atoms with Gasteiger partial charge in [0.1, 0.15) is 0 Å². The van der Waals surface area contributed by atoms with Gasteiger partial charge in [-0.2, -0.15) is 0 Å². The van der Waals surface area contributed by atoms with Crippen LogP contribution in [0.15, 0.2) is 73.1 Å². The van der Waals surface area contributed by atoms with Gasteiger partial charge in [-0.15, -0.1) is 0 Å². The minimum atomic E-state index is -0.119. The van der Waals surface area contributed by atoms with Gasteiger partial charge in [-0.1, -0.05) is 81.1 Å². The lowest BCUT2D eigenvalue weighted by molar-refractivity contribution is -0.116. The number of aromatic nitrogens is 1. The quantitative estimate of drug-likeness (QED) is 0.400. The predicted molar refractivity (Wildman–Crippen MR) is 140 cm³/mol. The molecule has 1 aromatic heterocycles. The van der Waals surface area contributed by atoms with Crippen molar-refractivity contribution >= 4 is 11.9 Å². The summed E-state index contributed by atoms with van der Waals surface area (Å²) in [5.74, 6) is 1.69. The smallest absolute Gasteiger partial charge is 0.163 e. The van der Waals surface area contributed by atoms with Crippen LogP contribution in [0.1, 0.15) is 90.7 Å². The average Bonchev–Trinajstić information content (AvgIpc) is 2.84.